The molecule has 0 amide bonds. The highest BCUT2D eigenvalue weighted by Crippen LogP contribution is 2.29. The van der Waals surface area contributed by atoms with Gasteiger partial charge in [-0.25, -0.2) is 5.43 Å². The second-order valence-corrected chi connectivity index (χ2v) is 5.90. The Labute approximate surface area is 128 Å². The molecular formula is C15H21BrN4. The highest BCUT2D eigenvalue weighted by molar-refractivity contribution is 9.10. The molecule has 0 spiro atoms. The summed E-state index contributed by atoms with van der Waals surface area (Å²) in [5.74, 6) is 5.81. The lowest BCUT2D eigenvalue weighted by molar-refractivity contribution is 0.519. The first-order valence-corrected chi connectivity index (χ1v) is 7.62. The molecule has 1 atom stereocenters. The first-order valence-electron chi connectivity index (χ1n) is 6.83. The Kier molecular flexibility index (Phi) is 4.96. The van der Waals surface area contributed by atoms with Crippen LogP contribution in [0.5, 0.6) is 0 Å². The van der Waals surface area contributed by atoms with Crippen molar-refractivity contribution < 1.29 is 0 Å². The molecular weight excluding hydrogens is 316 g/mol. The van der Waals surface area contributed by atoms with Crippen LogP contribution in [0.3, 0.4) is 0 Å². The molecule has 0 saturated carbocycles. The van der Waals surface area contributed by atoms with Crippen LogP contribution in [0.1, 0.15) is 41.8 Å². The molecule has 3 N–H and O–H groups in total. The molecule has 4 nitrogen and oxygen atoms in total. The SMILES string of the molecule is CCCn1ncc(Br)c1C(NN)c1ccc(C)c(C)c1. The number of nitrogens with zero attached hydrogens (tertiary/aromatic N) is 2. The van der Waals surface area contributed by atoms with Gasteiger partial charge in [0, 0.05) is 6.54 Å². The zero-order chi connectivity index (χ0) is 14.7. The number of aryl methyl sites for hydroxylation is 3. The lowest BCUT2D eigenvalue weighted by Crippen LogP contribution is -2.31. The zero-order valence-corrected chi connectivity index (χ0v) is 13.7. The molecule has 2 aromatic rings. The van der Waals surface area contributed by atoms with Crippen molar-refractivity contribution in [3.63, 3.8) is 0 Å². The molecule has 0 aliphatic carbocycles. The standard InChI is InChI=1S/C15H21BrN4/c1-4-7-20-15(13(16)9-18-20)14(19-17)12-6-5-10(2)11(3)8-12/h5-6,8-9,14,19H,4,7,17H2,1-3H3. The predicted molar refractivity (Wildman–Crippen MR) is 85.3 cm³/mol. The van der Waals surface area contributed by atoms with Crippen LogP contribution in [0.15, 0.2) is 28.9 Å². The Bertz CT molecular complexity index is 592. The van der Waals surface area contributed by atoms with Gasteiger partial charge >= 0.3 is 0 Å². The molecule has 0 radical (unpaired) electrons. The van der Waals surface area contributed by atoms with E-state index >= 15 is 0 Å². The number of hydrogen-bond donors (Lipinski definition) is 2. The molecule has 5 heteroatoms. The second-order valence-electron chi connectivity index (χ2n) is 5.04. The molecule has 0 bridgehead atoms. The van der Waals surface area contributed by atoms with E-state index < -0.39 is 0 Å². The lowest BCUT2D eigenvalue weighted by Gasteiger charge is -2.20. The summed E-state index contributed by atoms with van der Waals surface area (Å²) in [4.78, 5) is 0. The van der Waals surface area contributed by atoms with E-state index in [0.717, 1.165) is 28.7 Å². The third-order valence-corrected chi connectivity index (χ3v) is 4.18. The van der Waals surface area contributed by atoms with Crippen molar-refractivity contribution in [3.05, 3.63) is 51.3 Å². The Balaban J connectivity index is 2.46. The van der Waals surface area contributed by atoms with Crippen molar-refractivity contribution in [2.45, 2.75) is 39.8 Å². The van der Waals surface area contributed by atoms with Crippen LogP contribution in [0.4, 0.5) is 0 Å². The Morgan fingerprint density at radius 2 is 2.10 bits per heavy atom. The molecule has 1 aromatic carbocycles. The molecule has 2 rings (SSSR count). The van der Waals surface area contributed by atoms with Gasteiger partial charge in [-0.3, -0.25) is 10.5 Å². The van der Waals surface area contributed by atoms with E-state index in [1.54, 1.807) is 0 Å². The maximum atomic E-state index is 5.81. The van der Waals surface area contributed by atoms with Crippen LogP contribution >= 0.6 is 15.9 Å². The zero-order valence-electron chi connectivity index (χ0n) is 12.2. The Hall–Kier alpha value is -1.17. The van der Waals surface area contributed by atoms with Crippen molar-refractivity contribution in [3.8, 4) is 0 Å². The monoisotopic (exact) mass is 336 g/mol. The summed E-state index contributed by atoms with van der Waals surface area (Å²) in [6.07, 6.45) is 2.86. The van der Waals surface area contributed by atoms with Crippen LogP contribution in [-0.2, 0) is 6.54 Å². The predicted octanol–water partition coefficient (Wildman–Crippen LogP) is 3.23. The number of benzene rings is 1. The van der Waals surface area contributed by atoms with Crippen LogP contribution in [-0.4, -0.2) is 9.78 Å². The average molecular weight is 337 g/mol. The first kappa shape index (κ1) is 15.2. The highest BCUT2D eigenvalue weighted by Gasteiger charge is 2.21. The van der Waals surface area contributed by atoms with Crippen LogP contribution in [0.25, 0.3) is 0 Å². The minimum absolute atomic E-state index is 0.0716. The fourth-order valence-electron chi connectivity index (χ4n) is 2.33. The molecule has 20 heavy (non-hydrogen) atoms. The number of rotatable bonds is 5. The molecule has 108 valence electrons. The quantitative estimate of drug-likeness (QED) is 0.651. The van der Waals surface area contributed by atoms with Gasteiger partial charge in [0.25, 0.3) is 0 Å². The van der Waals surface area contributed by atoms with E-state index in [1.807, 2.05) is 10.9 Å². The summed E-state index contributed by atoms with van der Waals surface area (Å²) >= 11 is 3.58. The summed E-state index contributed by atoms with van der Waals surface area (Å²) in [6, 6.07) is 6.35. The van der Waals surface area contributed by atoms with Crippen molar-refractivity contribution >= 4 is 15.9 Å². The fraction of sp³-hybridized carbons (Fsp3) is 0.400. The Morgan fingerprint density at radius 3 is 2.70 bits per heavy atom. The minimum Gasteiger partial charge on any atom is -0.271 e. The summed E-state index contributed by atoms with van der Waals surface area (Å²) in [5.41, 5.74) is 7.68. The van der Waals surface area contributed by atoms with E-state index in [0.29, 0.717) is 0 Å². The molecule has 0 aliphatic rings. The van der Waals surface area contributed by atoms with Gasteiger partial charge in [0.15, 0.2) is 0 Å². The largest absolute Gasteiger partial charge is 0.271 e. The van der Waals surface area contributed by atoms with Gasteiger partial charge in [-0.1, -0.05) is 25.1 Å². The molecule has 0 saturated heterocycles. The van der Waals surface area contributed by atoms with E-state index in [4.69, 9.17) is 5.84 Å². The number of hydrogen-bond acceptors (Lipinski definition) is 3. The van der Waals surface area contributed by atoms with Gasteiger partial charge in [-0.15, -0.1) is 0 Å². The van der Waals surface area contributed by atoms with Crippen molar-refractivity contribution in [2.75, 3.05) is 0 Å². The van der Waals surface area contributed by atoms with Gasteiger partial charge in [0.05, 0.1) is 22.4 Å². The maximum Gasteiger partial charge on any atom is 0.0889 e. The van der Waals surface area contributed by atoms with Gasteiger partial charge in [0.2, 0.25) is 0 Å². The van der Waals surface area contributed by atoms with Crippen LogP contribution in [0.2, 0.25) is 0 Å². The number of halogens is 1. The fourth-order valence-corrected chi connectivity index (χ4v) is 2.85. The van der Waals surface area contributed by atoms with Crippen LogP contribution in [0, 0.1) is 13.8 Å². The molecule has 1 unspecified atom stereocenters. The van der Waals surface area contributed by atoms with E-state index in [9.17, 15) is 0 Å². The van der Waals surface area contributed by atoms with Gasteiger partial charge in [-0.05, 0) is 52.9 Å². The summed E-state index contributed by atoms with van der Waals surface area (Å²) in [6.45, 7) is 7.25. The number of nitrogens with two attached hydrogens (primary N) is 1. The molecule has 0 aliphatic heterocycles. The lowest BCUT2D eigenvalue weighted by atomic mass is 9.99. The topological polar surface area (TPSA) is 55.9 Å². The second kappa shape index (κ2) is 6.52. The number of aromatic nitrogens is 2. The van der Waals surface area contributed by atoms with Gasteiger partial charge in [0.1, 0.15) is 0 Å². The smallest absolute Gasteiger partial charge is 0.0889 e. The van der Waals surface area contributed by atoms with Gasteiger partial charge in [-0.2, -0.15) is 5.10 Å². The molecule has 1 aromatic heterocycles. The maximum absolute atomic E-state index is 5.81. The minimum atomic E-state index is -0.0716. The normalized spacial score (nSPS) is 12.7. The number of hydrazine groups is 1. The summed E-state index contributed by atoms with van der Waals surface area (Å²) < 4.78 is 2.98. The van der Waals surface area contributed by atoms with E-state index in [-0.39, 0.29) is 6.04 Å². The van der Waals surface area contributed by atoms with E-state index in [2.05, 4.69) is 65.4 Å². The third-order valence-electron chi connectivity index (χ3n) is 3.57. The average Bonchev–Trinajstić information content (AvgIpc) is 2.77. The van der Waals surface area contributed by atoms with E-state index in [1.165, 1.54) is 11.1 Å². The van der Waals surface area contributed by atoms with Crippen molar-refractivity contribution in [1.29, 1.82) is 0 Å². The van der Waals surface area contributed by atoms with Crippen molar-refractivity contribution in [1.82, 2.24) is 15.2 Å². The van der Waals surface area contributed by atoms with Crippen LogP contribution < -0.4 is 11.3 Å². The number of nitrogens with one attached hydrogen (secondary N) is 1. The highest BCUT2D eigenvalue weighted by atomic mass is 79.9. The summed E-state index contributed by atoms with van der Waals surface area (Å²) in [5, 5.41) is 4.41. The van der Waals surface area contributed by atoms with Crippen molar-refractivity contribution in [2.24, 2.45) is 5.84 Å². The molecule has 1 heterocycles. The summed E-state index contributed by atoms with van der Waals surface area (Å²) in [7, 11) is 0. The van der Waals surface area contributed by atoms with Gasteiger partial charge < -0.3 is 0 Å². The molecule has 0 fully saturated rings. The third kappa shape index (κ3) is 2.95. The first-order chi connectivity index (χ1) is 9.58. The Morgan fingerprint density at radius 1 is 1.35 bits per heavy atom.